The van der Waals surface area contributed by atoms with E-state index in [2.05, 4.69) is 15.9 Å². The van der Waals surface area contributed by atoms with Crippen molar-refractivity contribution in [1.29, 1.82) is 0 Å². The lowest BCUT2D eigenvalue weighted by Gasteiger charge is -2.34. The molecular formula is C11H12BrFN2O2. The maximum atomic E-state index is 13.7. The summed E-state index contributed by atoms with van der Waals surface area (Å²) in [5.74, 6) is -0.289. The maximum Gasteiger partial charge on any atom is 0.407 e. The Bertz CT molecular complexity index is 433. The fraction of sp³-hybridized carbons (Fsp3) is 0.364. The van der Waals surface area contributed by atoms with Crippen molar-refractivity contribution in [2.45, 2.75) is 0 Å². The van der Waals surface area contributed by atoms with Gasteiger partial charge in [-0.2, -0.15) is 0 Å². The van der Waals surface area contributed by atoms with E-state index in [0.29, 0.717) is 36.3 Å². The van der Waals surface area contributed by atoms with Crippen LogP contribution in [0.1, 0.15) is 0 Å². The molecule has 0 bridgehead atoms. The van der Waals surface area contributed by atoms with E-state index in [-0.39, 0.29) is 5.82 Å². The van der Waals surface area contributed by atoms with Crippen LogP contribution >= 0.6 is 15.9 Å². The Balaban J connectivity index is 2.08. The van der Waals surface area contributed by atoms with E-state index >= 15 is 0 Å². The van der Waals surface area contributed by atoms with E-state index in [1.165, 1.54) is 11.0 Å². The molecule has 1 aliphatic heterocycles. The highest BCUT2D eigenvalue weighted by atomic mass is 79.9. The predicted octanol–water partition coefficient (Wildman–Crippen LogP) is 2.39. The Morgan fingerprint density at radius 2 is 1.94 bits per heavy atom. The minimum atomic E-state index is -0.916. The van der Waals surface area contributed by atoms with E-state index in [1.807, 2.05) is 4.90 Å². The average molecular weight is 303 g/mol. The molecular weight excluding hydrogens is 291 g/mol. The van der Waals surface area contributed by atoms with Gasteiger partial charge in [0.2, 0.25) is 0 Å². The molecule has 1 N–H and O–H groups in total. The second-order valence-corrected chi connectivity index (χ2v) is 4.77. The van der Waals surface area contributed by atoms with Crippen LogP contribution in [0.3, 0.4) is 0 Å². The number of carboxylic acid groups (broad SMARTS) is 1. The molecule has 17 heavy (non-hydrogen) atoms. The topological polar surface area (TPSA) is 43.8 Å². The summed E-state index contributed by atoms with van der Waals surface area (Å²) in [6, 6.07) is 4.90. The Kier molecular flexibility index (Phi) is 3.51. The molecule has 1 heterocycles. The van der Waals surface area contributed by atoms with Crippen molar-refractivity contribution < 1.29 is 14.3 Å². The monoisotopic (exact) mass is 302 g/mol. The van der Waals surface area contributed by atoms with Crippen LogP contribution in [0, 0.1) is 5.82 Å². The largest absolute Gasteiger partial charge is 0.465 e. The number of rotatable bonds is 1. The number of carbonyl (C=O) groups is 1. The van der Waals surface area contributed by atoms with Crippen molar-refractivity contribution in [3.8, 4) is 0 Å². The normalized spacial score (nSPS) is 16.1. The zero-order valence-electron chi connectivity index (χ0n) is 9.07. The predicted molar refractivity (Wildman–Crippen MR) is 65.9 cm³/mol. The summed E-state index contributed by atoms with van der Waals surface area (Å²) < 4.78 is 14.4. The average Bonchev–Trinajstić information content (AvgIpc) is 2.29. The van der Waals surface area contributed by atoms with Gasteiger partial charge in [0.15, 0.2) is 0 Å². The molecule has 1 aliphatic rings. The molecule has 2 rings (SSSR count). The van der Waals surface area contributed by atoms with Crippen LogP contribution in [0.4, 0.5) is 14.9 Å². The minimum absolute atomic E-state index is 0.289. The van der Waals surface area contributed by atoms with E-state index in [4.69, 9.17) is 5.11 Å². The summed E-state index contributed by atoms with van der Waals surface area (Å²) in [4.78, 5) is 13.9. The van der Waals surface area contributed by atoms with Gasteiger partial charge >= 0.3 is 6.09 Å². The van der Waals surface area contributed by atoms with Crippen molar-refractivity contribution >= 4 is 27.7 Å². The first-order valence-corrected chi connectivity index (χ1v) is 6.05. The van der Waals surface area contributed by atoms with E-state index in [1.54, 1.807) is 12.1 Å². The van der Waals surface area contributed by atoms with Crippen LogP contribution in [0.5, 0.6) is 0 Å². The standard InChI is InChI=1S/C11H12BrFN2O2/c12-8-1-2-10(9(13)7-8)14-3-5-15(6-4-14)11(16)17/h1-2,7H,3-6H2,(H,16,17). The van der Waals surface area contributed by atoms with Gasteiger partial charge in [-0.15, -0.1) is 0 Å². The van der Waals surface area contributed by atoms with Gasteiger partial charge in [0.25, 0.3) is 0 Å². The van der Waals surface area contributed by atoms with Gasteiger partial charge in [0.1, 0.15) is 5.82 Å². The van der Waals surface area contributed by atoms with Gasteiger partial charge < -0.3 is 14.9 Å². The number of halogens is 2. The number of hydrogen-bond acceptors (Lipinski definition) is 2. The summed E-state index contributed by atoms with van der Waals surface area (Å²) in [6.45, 7) is 1.85. The van der Waals surface area contributed by atoms with Crippen LogP contribution in [0.25, 0.3) is 0 Å². The first-order chi connectivity index (χ1) is 8.08. The van der Waals surface area contributed by atoms with E-state index < -0.39 is 6.09 Å². The van der Waals surface area contributed by atoms with Gasteiger partial charge in [0, 0.05) is 30.7 Å². The van der Waals surface area contributed by atoms with Gasteiger partial charge in [-0.25, -0.2) is 9.18 Å². The van der Waals surface area contributed by atoms with Crippen molar-refractivity contribution in [2.24, 2.45) is 0 Å². The van der Waals surface area contributed by atoms with Gasteiger partial charge in [-0.3, -0.25) is 0 Å². The second-order valence-electron chi connectivity index (χ2n) is 3.85. The lowest BCUT2D eigenvalue weighted by molar-refractivity contribution is 0.142. The molecule has 92 valence electrons. The summed E-state index contributed by atoms with van der Waals surface area (Å²) in [7, 11) is 0. The molecule has 0 aliphatic carbocycles. The van der Waals surface area contributed by atoms with Crippen LogP contribution in [0.15, 0.2) is 22.7 Å². The van der Waals surface area contributed by atoms with Crippen LogP contribution in [-0.4, -0.2) is 42.3 Å². The first kappa shape index (κ1) is 12.2. The summed E-state index contributed by atoms with van der Waals surface area (Å²) in [5.41, 5.74) is 0.526. The lowest BCUT2D eigenvalue weighted by atomic mass is 10.2. The molecule has 1 aromatic rings. The third-order valence-corrected chi connectivity index (χ3v) is 3.29. The lowest BCUT2D eigenvalue weighted by Crippen LogP contribution is -2.48. The SMILES string of the molecule is O=C(O)N1CCN(c2ccc(Br)cc2F)CC1. The smallest absolute Gasteiger partial charge is 0.407 e. The summed E-state index contributed by atoms with van der Waals surface area (Å²) in [5, 5.41) is 8.81. The van der Waals surface area contributed by atoms with Gasteiger partial charge in [0.05, 0.1) is 5.69 Å². The Morgan fingerprint density at radius 3 is 2.47 bits per heavy atom. The quantitative estimate of drug-likeness (QED) is 0.866. The highest BCUT2D eigenvalue weighted by Gasteiger charge is 2.22. The third-order valence-electron chi connectivity index (χ3n) is 2.80. The highest BCUT2D eigenvalue weighted by Crippen LogP contribution is 2.24. The Hall–Kier alpha value is -1.30. The molecule has 1 fully saturated rings. The zero-order chi connectivity index (χ0) is 12.4. The Labute approximate surface area is 107 Å². The molecule has 4 nitrogen and oxygen atoms in total. The second kappa shape index (κ2) is 4.91. The first-order valence-electron chi connectivity index (χ1n) is 5.26. The summed E-state index contributed by atoms with van der Waals surface area (Å²) in [6.07, 6.45) is -0.916. The van der Waals surface area contributed by atoms with Crippen LogP contribution in [0.2, 0.25) is 0 Å². The van der Waals surface area contributed by atoms with Crippen molar-refractivity contribution in [2.75, 3.05) is 31.1 Å². The van der Waals surface area contributed by atoms with Gasteiger partial charge in [-0.05, 0) is 18.2 Å². The molecule has 0 unspecified atom stereocenters. The number of anilines is 1. The molecule has 0 spiro atoms. The molecule has 6 heteroatoms. The van der Waals surface area contributed by atoms with Crippen molar-refractivity contribution in [3.63, 3.8) is 0 Å². The van der Waals surface area contributed by atoms with Crippen LogP contribution in [-0.2, 0) is 0 Å². The highest BCUT2D eigenvalue weighted by molar-refractivity contribution is 9.10. The summed E-state index contributed by atoms with van der Waals surface area (Å²) >= 11 is 3.20. The molecule has 1 amide bonds. The molecule has 0 atom stereocenters. The molecule has 0 radical (unpaired) electrons. The maximum absolute atomic E-state index is 13.7. The van der Waals surface area contributed by atoms with E-state index in [9.17, 15) is 9.18 Å². The third kappa shape index (κ3) is 2.69. The van der Waals surface area contributed by atoms with Crippen molar-refractivity contribution in [1.82, 2.24) is 4.90 Å². The van der Waals surface area contributed by atoms with Gasteiger partial charge in [-0.1, -0.05) is 15.9 Å². The number of nitrogens with zero attached hydrogens (tertiary/aromatic N) is 2. The van der Waals surface area contributed by atoms with Crippen LogP contribution < -0.4 is 4.90 Å². The van der Waals surface area contributed by atoms with Crippen molar-refractivity contribution in [3.05, 3.63) is 28.5 Å². The molecule has 1 saturated heterocycles. The fourth-order valence-electron chi connectivity index (χ4n) is 1.88. The number of hydrogen-bond donors (Lipinski definition) is 1. The molecule has 1 aromatic carbocycles. The molecule has 0 aromatic heterocycles. The number of amides is 1. The minimum Gasteiger partial charge on any atom is -0.465 e. The number of benzene rings is 1. The molecule has 0 saturated carbocycles. The fourth-order valence-corrected chi connectivity index (χ4v) is 2.21. The zero-order valence-corrected chi connectivity index (χ0v) is 10.7. The van der Waals surface area contributed by atoms with E-state index in [0.717, 1.165) is 0 Å². The Morgan fingerprint density at radius 1 is 1.29 bits per heavy atom. The number of piperazine rings is 1.